The predicted octanol–water partition coefficient (Wildman–Crippen LogP) is 3.79. The maximum absolute atomic E-state index is 12.9. The number of fused-ring (bicyclic) bond motifs is 1. The molecule has 1 aromatic carbocycles. The van der Waals surface area contributed by atoms with E-state index in [0.717, 1.165) is 24.2 Å². The Hall–Kier alpha value is -2.33. The molecule has 0 atom stereocenters. The number of imidazole rings is 1. The van der Waals surface area contributed by atoms with E-state index in [1.807, 2.05) is 52.0 Å². The molecule has 1 saturated carbocycles. The highest BCUT2D eigenvalue weighted by molar-refractivity contribution is 6.33. The van der Waals surface area contributed by atoms with Crippen molar-refractivity contribution >= 4 is 23.2 Å². The van der Waals surface area contributed by atoms with E-state index in [1.165, 1.54) is 0 Å². The van der Waals surface area contributed by atoms with Gasteiger partial charge in [-0.2, -0.15) is 0 Å². The van der Waals surface area contributed by atoms with Gasteiger partial charge in [0.2, 0.25) is 0 Å². The largest absolute Gasteiger partial charge is 0.330 e. The maximum atomic E-state index is 12.9. The maximum Gasteiger partial charge on any atom is 0.255 e. The summed E-state index contributed by atoms with van der Waals surface area (Å²) in [5.74, 6) is -0.0102. The summed E-state index contributed by atoms with van der Waals surface area (Å²) >= 11 is 6.20. The van der Waals surface area contributed by atoms with Crippen LogP contribution in [0.1, 0.15) is 28.9 Å². The van der Waals surface area contributed by atoms with Crippen molar-refractivity contribution in [3.63, 3.8) is 0 Å². The highest BCUT2D eigenvalue weighted by Gasteiger charge is 2.34. The molecule has 23 heavy (non-hydrogen) atoms. The fourth-order valence-electron chi connectivity index (χ4n) is 2.82. The van der Waals surface area contributed by atoms with Crippen LogP contribution in [0.2, 0.25) is 5.02 Å². The van der Waals surface area contributed by atoms with Crippen LogP contribution in [-0.2, 0) is 6.54 Å². The number of pyridine rings is 1. The Balaban J connectivity index is 1.66. The first-order valence-electron chi connectivity index (χ1n) is 7.70. The van der Waals surface area contributed by atoms with Gasteiger partial charge in [-0.3, -0.25) is 4.79 Å². The van der Waals surface area contributed by atoms with E-state index in [-0.39, 0.29) is 5.91 Å². The summed E-state index contributed by atoms with van der Waals surface area (Å²) in [6.07, 6.45) is 5.91. The molecule has 0 unspecified atom stereocenters. The molecule has 5 heteroatoms. The van der Waals surface area contributed by atoms with Crippen molar-refractivity contribution in [2.45, 2.75) is 25.4 Å². The minimum absolute atomic E-state index is 0.0102. The molecule has 0 bridgehead atoms. The lowest BCUT2D eigenvalue weighted by molar-refractivity contribution is 0.0727. The molecule has 2 heterocycles. The second-order valence-corrected chi connectivity index (χ2v) is 6.23. The second-order valence-electron chi connectivity index (χ2n) is 5.82. The molecule has 1 aliphatic rings. The number of carbonyl (C=O) groups excluding carboxylic acids is 1. The van der Waals surface area contributed by atoms with E-state index in [4.69, 9.17) is 11.6 Å². The van der Waals surface area contributed by atoms with Gasteiger partial charge < -0.3 is 9.30 Å². The Morgan fingerprint density at radius 3 is 2.78 bits per heavy atom. The molecule has 4 nitrogen and oxygen atoms in total. The van der Waals surface area contributed by atoms with E-state index in [9.17, 15) is 4.79 Å². The molecule has 116 valence electrons. The van der Waals surface area contributed by atoms with E-state index in [2.05, 4.69) is 4.98 Å². The summed E-state index contributed by atoms with van der Waals surface area (Å²) < 4.78 is 2.02. The topological polar surface area (TPSA) is 37.6 Å². The van der Waals surface area contributed by atoms with Crippen molar-refractivity contribution in [3.05, 3.63) is 71.1 Å². The lowest BCUT2D eigenvalue weighted by atomic mass is 10.2. The van der Waals surface area contributed by atoms with Gasteiger partial charge in [-0.05, 0) is 37.1 Å². The van der Waals surface area contributed by atoms with Crippen LogP contribution >= 0.6 is 11.6 Å². The molecule has 0 aliphatic heterocycles. The summed E-state index contributed by atoms with van der Waals surface area (Å²) in [7, 11) is 0. The molecule has 0 radical (unpaired) electrons. The van der Waals surface area contributed by atoms with Crippen molar-refractivity contribution < 1.29 is 4.79 Å². The lowest BCUT2D eigenvalue weighted by Crippen LogP contribution is -2.33. The van der Waals surface area contributed by atoms with Gasteiger partial charge in [0.05, 0.1) is 29.0 Å². The molecule has 4 rings (SSSR count). The monoisotopic (exact) mass is 325 g/mol. The first-order chi connectivity index (χ1) is 11.2. The van der Waals surface area contributed by atoms with Gasteiger partial charge in [0.25, 0.3) is 5.91 Å². The van der Waals surface area contributed by atoms with Crippen molar-refractivity contribution in [2.75, 3.05) is 0 Å². The van der Waals surface area contributed by atoms with Crippen LogP contribution < -0.4 is 0 Å². The predicted molar refractivity (Wildman–Crippen MR) is 89.5 cm³/mol. The van der Waals surface area contributed by atoms with Crippen LogP contribution in [0.25, 0.3) is 5.65 Å². The Morgan fingerprint density at radius 2 is 2.00 bits per heavy atom. The van der Waals surface area contributed by atoms with Crippen molar-refractivity contribution in [1.29, 1.82) is 0 Å². The zero-order valence-corrected chi connectivity index (χ0v) is 13.3. The number of nitrogens with zero attached hydrogens (tertiary/aromatic N) is 3. The highest BCUT2D eigenvalue weighted by Crippen LogP contribution is 2.31. The van der Waals surface area contributed by atoms with E-state index in [1.54, 1.807) is 12.1 Å². The van der Waals surface area contributed by atoms with Crippen molar-refractivity contribution in [3.8, 4) is 0 Å². The van der Waals surface area contributed by atoms with Gasteiger partial charge in [0.1, 0.15) is 5.65 Å². The molecule has 1 fully saturated rings. The number of hydrogen-bond acceptors (Lipinski definition) is 2. The minimum Gasteiger partial charge on any atom is -0.330 e. The fraction of sp³-hybridized carbons (Fsp3) is 0.222. The number of carbonyl (C=O) groups is 1. The fourth-order valence-corrected chi connectivity index (χ4v) is 3.04. The summed E-state index contributed by atoms with van der Waals surface area (Å²) in [6.45, 7) is 0.542. The summed E-state index contributed by atoms with van der Waals surface area (Å²) in [4.78, 5) is 19.2. The Morgan fingerprint density at radius 1 is 1.22 bits per heavy atom. The van der Waals surface area contributed by atoms with Crippen molar-refractivity contribution in [2.24, 2.45) is 0 Å². The molecule has 0 spiro atoms. The first-order valence-corrected chi connectivity index (χ1v) is 8.08. The quantitative estimate of drug-likeness (QED) is 0.732. The molecule has 1 aliphatic carbocycles. The van der Waals surface area contributed by atoms with Crippen molar-refractivity contribution in [1.82, 2.24) is 14.3 Å². The number of rotatable bonds is 4. The van der Waals surface area contributed by atoms with Gasteiger partial charge in [0, 0.05) is 12.2 Å². The number of benzene rings is 1. The van der Waals surface area contributed by atoms with Gasteiger partial charge in [-0.25, -0.2) is 4.98 Å². The van der Waals surface area contributed by atoms with Gasteiger partial charge in [-0.15, -0.1) is 0 Å². The van der Waals surface area contributed by atoms with Crippen LogP contribution in [0.3, 0.4) is 0 Å². The Labute approximate surface area is 139 Å². The van der Waals surface area contributed by atoms with Crippen LogP contribution in [0.5, 0.6) is 0 Å². The van der Waals surface area contributed by atoms with E-state index < -0.39 is 0 Å². The molecular weight excluding hydrogens is 310 g/mol. The smallest absolute Gasteiger partial charge is 0.255 e. The third-order valence-corrected chi connectivity index (χ3v) is 4.51. The van der Waals surface area contributed by atoms with Gasteiger partial charge >= 0.3 is 0 Å². The van der Waals surface area contributed by atoms with E-state index in [0.29, 0.717) is 23.2 Å². The molecule has 1 amide bonds. The Kier molecular flexibility index (Phi) is 3.54. The molecular formula is C18H16ClN3O. The standard InChI is InChI=1S/C18H16ClN3O/c19-16-6-2-1-5-15(16)18(23)22(13-8-9-13)12-14-11-20-17-7-3-4-10-21(14)17/h1-7,10-11,13H,8-9,12H2. The zero-order valence-electron chi connectivity index (χ0n) is 12.5. The molecule has 3 aromatic rings. The highest BCUT2D eigenvalue weighted by atomic mass is 35.5. The third kappa shape index (κ3) is 2.70. The average Bonchev–Trinajstić information content (AvgIpc) is 3.33. The Bertz CT molecular complexity index is 869. The first kappa shape index (κ1) is 14.3. The van der Waals surface area contributed by atoms with Crippen LogP contribution in [-0.4, -0.2) is 26.2 Å². The summed E-state index contributed by atoms with van der Waals surface area (Å²) in [5, 5.41) is 0.501. The number of hydrogen-bond donors (Lipinski definition) is 0. The normalized spacial score (nSPS) is 14.1. The van der Waals surface area contributed by atoms with Crippen LogP contribution in [0.4, 0.5) is 0 Å². The lowest BCUT2D eigenvalue weighted by Gasteiger charge is -2.22. The molecule has 0 saturated heterocycles. The molecule has 0 N–H and O–H groups in total. The van der Waals surface area contributed by atoms with Gasteiger partial charge in [-0.1, -0.05) is 29.8 Å². The summed E-state index contributed by atoms with van der Waals surface area (Å²) in [5.41, 5.74) is 2.46. The zero-order chi connectivity index (χ0) is 15.8. The van der Waals surface area contributed by atoms with Crippen LogP contribution in [0, 0.1) is 0 Å². The third-order valence-electron chi connectivity index (χ3n) is 4.18. The number of aromatic nitrogens is 2. The number of amides is 1. The van der Waals surface area contributed by atoms with Gasteiger partial charge in [0.15, 0.2) is 0 Å². The average molecular weight is 326 g/mol. The SMILES string of the molecule is O=C(c1ccccc1Cl)N(Cc1cnc2ccccn12)C1CC1. The van der Waals surface area contributed by atoms with E-state index >= 15 is 0 Å². The second kappa shape index (κ2) is 5.70. The number of halogens is 1. The minimum atomic E-state index is -0.0102. The molecule has 2 aromatic heterocycles. The van der Waals surface area contributed by atoms with Crippen LogP contribution in [0.15, 0.2) is 54.9 Å². The summed E-state index contributed by atoms with van der Waals surface area (Å²) in [6, 6.07) is 13.4.